The van der Waals surface area contributed by atoms with Crippen LogP contribution in [0.25, 0.3) is 11.4 Å². The number of carbonyl (C=O) groups excluding carboxylic acids is 2. The second-order valence-corrected chi connectivity index (χ2v) is 9.96. The number of rotatable bonds is 12. The summed E-state index contributed by atoms with van der Waals surface area (Å²) < 4.78 is 15.5. The minimum absolute atomic E-state index is 0.0217. The molecule has 3 aromatic heterocycles. The molecule has 1 N–H and O–H groups in total. The van der Waals surface area contributed by atoms with Crippen LogP contribution in [0.15, 0.2) is 66.9 Å². The van der Waals surface area contributed by atoms with Crippen molar-refractivity contribution in [3.63, 3.8) is 0 Å². The van der Waals surface area contributed by atoms with Gasteiger partial charge >= 0.3 is 0 Å². The van der Waals surface area contributed by atoms with Gasteiger partial charge in [-0.3, -0.25) is 14.0 Å². The molecule has 1 aliphatic rings. The van der Waals surface area contributed by atoms with Crippen molar-refractivity contribution in [2.45, 2.75) is 52.6 Å². The first-order valence-corrected chi connectivity index (χ1v) is 14.0. The molecule has 1 unspecified atom stereocenters. The number of benzene rings is 1. The number of pyridine rings is 1. The van der Waals surface area contributed by atoms with Crippen LogP contribution in [0.3, 0.4) is 0 Å². The van der Waals surface area contributed by atoms with Crippen LogP contribution < -0.4 is 9.47 Å². The van der Waals surface area contributed by atoms with Crippen molar-refractivity contribution in [1.29, 1.82) is 0 Å². The quantitative estimate of drug-likeness (QED) is 0.114. The van der Waals surface area contributed by atoms with Crippen LogP contribution in [0.4, 0.5) is 0 Å². The summed E-state index contributed by atoms with van der Waals surface area (Å²) in [7, 11) is 0. The normalized spacial score (nSPS) is 16.6. The van der Waals surface area contributed by atoms with Crippen LogP contribution in [-0.2, 0) is 16.1 Å². The summed E-state index contributed by atoms with van der Waals surface area (Å²) in [4.78, 5) is 37.3. The van der Waals surface area contributed by atoms with Crippen molar-refractivity contribution in [3.05, 3.63) is 83.8 Å². The number of aryl methyl sites for hydroxylation is 2. The van der Waals surface area contributed by atoms with E-state index in [0.29, 0.717) is 66.8 Å². The summed E-state index contributed by atoms with van der Waals surface area (Å²) in [6.45, 7) is 7.64. The van der Waals surface area contributed by atoms with E-state index in [1.54, 1.807) is 42.2 Å². The zero-order valence-corrected chi connectivity index (χ0v) is 23.6. The Hall–Kier alpha value is -4.60. The van der Waals surface area contributed by atoms with Crippen molar-refractivity contribution in [1.82, 2.24) is 23.8 Å². The van der Waals surface area contributed by atoms with Gasteiger partial charge in [-0.15, -0.1) is 0 Å². The summed E-state index contributed by atoms with van der Waals surface area (Å²) in [5.74, 6) is -0.533. The lowest BCUT2D eigenvalue weighted by Crippen LogP contribution is -2.31. The van der Waals surface area contributed by atoms with Crippen molar-refractivity contribution in [2.24, 2.45) is 0 Å². The minimum Gasteiger partial charge on any atom is -0.505 e. The maximum atomic E-state index is 13.6. The monoisotopic (exact) mass is 557 g/mol. The number of amides is 1. The highest BCUT2D eigenvalue weighted by Crippen LogP contribution is 2.42. The Bertz CT molecular complexity index is 1570. The van der Waals surface area contributed by atoms with Crippen LogP contribution in [0, 0.1) is 6.92 Å². The lowest BCUT2D eigenvalue weighted by molar-refractivity contribution is -0.139. The number of ketones is 1. The summed E-state index contributed by atoms with van der Waals surface area (Å²) in [6, 6.07) is 10.1. The third-order valence-electron chi connectivity index (χ3n) is 7.18. The van der Waals surface area contributed by atoms with Gasteiger partial charge in [0.2, 0.25) is 0 Å². The standard InChI is InChI=1S/C31H35N5O5/c1-4-6-18-41-23-12-11-22(19-24(23)40-5-2)28-26(29(37)27-21(3)33-25-10-7-8-15-35(25)27)30(38)31(39)36(28)16-9-14-34-17-13-32-20-34/h7-8,10-13,15,17,19-20,28,37H,4-6,9,14,16,18H2,1-3H3. The Morgan fingerprint density at radius 1 is 1.02 bits per heavy atom. The van der Waals surface area contributed by atoms with Gasteiger partial charge in [-0.2, -0.15) is 0 Å². The van der Waals surface area contributed by atoms with E-state index in [0.717, 1.165) is 12.8 Å². The van der Waals surface area contributed by atoms with Gasteiger partial charge in [0, 0.05) is 31.7 Å². The van der Waals surface area contributed by atoms with Gasteiger partial charge < -0.3 is 24.0 Å². The van der Waals surface area contributed by atoms with Crippen molar-refractivity contribution in [2.75, 3.05) is 19.8 Å². The van der Waals surface area contributed by atoms with Gasteiger partial charge in [-0.1, -0.05) is 25.5 Å². The number of carbonyl (C=O) groups is 2. The molecule has 4 heterocycles. The van der Waals surface area contributed by atoms with Gasteiger partial charge in [0.25, 0.3) is 11.7 Å². The molecule has 1 aliphatic heterocycles. The van der Waals surface area contributed by atoms with Crippen molar-refractivity contribution in [3.8, 4) is 11.5 Å². The first kappa shape index (κ1) is 27.9. The summed E-state index contributed by atoms with van der Waals surface area (Å²) >= 11 is 0. The van der Waals surface area contributed by atoms with E-state index in [1.807, 2.05) is 42.0 Å². The molecule has 0 saturated carbocycles. The van der Waals surface area contributed by atoms with E-state index in [1.165, 1.54) is 4.90 Å². The summed E-state index contributed by atoms with van der Waals surface area (Å²) in [5.41, 5.74) is 2.23. The number of hydrogen-bond acceptors (Lipinski definition) is 7. The van der Waals surface area contributed by atoms with Gasteiger partial charge in [0.15, 0.2) is 17.3 Å². The number of aromatic nitrogens is 4. The van der Waals surface area contributed by atoms with Crippen molar-refractivity contribution >= 4 is 23.1 Å². The van der Waals surface area contributed by atoms with E-state index in [9.17, 15) is 14.7 Å². The fraction of sp³-hybridized carbons (Fsp3) is 0.355. The SMILES string of the molecule is CCCCOc1ccc(C2C(=C(O)c3c(C)nc4ccccn34)C(=O)C(=O)N2CCCn2ccnc2)cc1OCC. The molecule has 10 heteroatoms. The third-order valence-corrected chi connectivity index (χ3v) is 7.18. The van der Waals surface area contributed by atoms with Gasteiger partial charge in [-0.05, 0) is 56.5 Å². The number of ether oxygens (including phenoxy) is 2. The number of likely N-dealkylation sites (tertiary alicyclic amines) is 1. The maximum absolute atomic E-state index is 13.6. The molecule has 1 fully saturated rings. The smallest absolute Gasteiger partial charge is 0.295 e. The maximum Gasteiger partial charge on any atom is 0.295 e. The molecule has 5 rings (SSSR count). The van der Waals surface area contributed by atoms with E-state index in [4.69, 9.17) is 9.47 Å². The number of unbranched alkanes of at least 4 members (excludes halogenated alkanes) is 1. The van der Waals surface area contributed by atoms with Crippen LogP contribution in [0.2, 0.25) is 0 Å². The Balaban J connectivity index is 1.60. The molecule has 1 amide bonds. The largest absolute Gasteiger partial charge is 0.505 e. The molecule has 41 heavy (non-hydrogen) atoms. The van der Waals surface area contributed by atoms with E-state index < -0.39 is 17.7 Å². The summed E-state index contributed by atoms with van der Waals surface area (Å²) in [5, 5.41) is 11.7. The molecule has 10 nitrogen and oxygen atoms in total. The highest BCUT2D eigenvalue weighted by atomic mass is 16.5. The van der Waals surface area contributed by atoms with Crippen LogP contribution in [-0.4, -0.2) is 60.4 Å². The highest BCUT2D eigenvalue weighted by Gasteiger charge is 2.46. The Kier molecular flexibility index (Phi) is 8.37. The molecule has 214 valence electrons. The van der Waals surface area contributed by atoms with Gasteiger partial charge in [0.05, 0.1) is 36.8 Å². The molecular formula is C31H35N5O5. The average molecular weight is 558 g/mol. The second-order valence-electron chi connectivity index (χ2n) is 9.96. The zero-order chi connectivity index (χ0) is 28.9. The fourth-order valence-electron chi connectivity index (χ4n) is 5.23. The van der Waals surface area contributed by atoms with Gasteiger partial charge in [0.1, 0.15) is 11.3 Å². The number of aliphatic hydroxyl groups is 1. The number of hydrogen-bond donors (Lipinski definition) is 1. The first-order chi connectivity index (χ1) is 19.9. The molecule has 1 atom stereocenters. The zero-order valence-electron chi connectivity index (χ0n) is 23.6. The molecule has 0 bridgehead atoms. The second kappa shape index (κ2) is 12.3. The molecule has 1 saturated heterocycles. The molecule has 0 radical (unpaired) electrons. The van der Waals surface area contributed by atoms with Crippen LogP contribution in [0.1, 0.15) is 56.1 Å². The number of imidazole rings is 2. The Labute approximate surface area is 238 Å². The predicted octanol–water partition coefficient (Wildman–Crippen LogP) is 4.93. The van der Waals surface area contributed by atoms with Crippen molar-refractivity contribution < 1.29 is 24.2 Å². The van der Waals surface area contributed by atoms with E-state index in [2.05, 4.69) is 16.9 Å². The molecule has 0 aliphatic carbocycles. The Morgan fingerprint density at radius 2 is 1.88 bits per heavy atom. The Morgan fingerprint density at radius 3 is 2.63 bits per heavy atom. The van der Waals surface area contributed by atoms with Crippen LogP contribution in [0.5, 0.6) is 11.5 Å². The number of fused-ring (bicyclic) bond motifs is 1. The predicted molar refractivity (Wildman–Crippen MR) is 154 cm³/mol. The number of aliphatic hydroxyl groups excluding tert-OH is 1. The average Bonchev–Trinajstić information content (AvgIpc) is 3.67. The number of nitrogens with zero attached hydrogens (tertiary/aromatic N) is 5. The van der Waals surface area contributed by atoms with E-state index >= 15 is 0 Å². The summed E-state index contributed by atoms with van der Waals surface area (Å²) in [6.07, 6.45) is 9.53. The molecule has 4 aromatic rings. The highest BCUT2D eigenvalue weighted by molar-refractivity contribution is 6.46. The fourth-order valence-corrected chi connectivity index (χ4v) is 5.23. The molecule has 1 aromatic carbocycles. The van der Waals surface area contributed by atoms with Crippen LogP contribution >= 0.6 is 0 Å². The number of Topliss-reactive ketones (excluding diaryl/α,β-unsaturated/α-hetero) is 1. The molecular weight excluding hydrogens is 522 g/mol. The van der Waals surface area contributed by atoms with E-state index in [-0.39, 0.29) is 11.3 Å². The molecule has 0 spiro atoms. The van der Waals surface area contributed by atoms with Gasteiger partial charge in [-0.25, -0.2) is 9.97 Å². The lowest BCUT2D eigenvalue weighted by atomic mass is 9.95. The minimum atomic E-state index is -0.824. The third kappa shape index (κ3) is 5.54. The lowest BCUT2D eigenvalue weighted by Gasteiger charge is -2.26. The first-order valence-electron chi connectivity index (χ1n) is 14.0. The topological polar surface area (TPSA) is 111 Å².